The quantitative estimate of drug-likeness (QED) is 0.909. The smallest absolute Gasteiger partial charge is 0.165 e. The van der Waals surface area contributed by atoms with E-state index >= 15 is 0 Å². The largest absolute Gasteiger partial charge is 0.485 e. The molecule has 2 aliphatic rings. The first-order valence-corrected chi connectivity index (χ1v) is 7.05. The van der Waals surface area contributed by atoms with Crippen molar-refractivity contribution in [3.63, 3.8) is 0 Å². The fraction of sp³-hybridized carbons (Fsp3) is 0.600. The molecule has 1 aromatic carbocycles. The average Bonchev–Trinajstić information content (AvgIpc) is 2.35. The van der Waals surface area contributed by atoms with E-state index in [1.807, 2.05) is 0 Å². The number of nitrogens with zero attached hydrogens (tertiary/aromatic N) is 1. The molecular weight excluding hydrogens is 245 g/mol. The van der Waals surface area contributed by atoms with E-state index in [4.69, 9.17) is 4.74 Å². The maximum atomic E-state index is 13.4. The lowest BCUT2D eigenvalue weighted by atomic mass is 9.90. The third kappa shape index (κ3) is 2.90. The molecule has 0 spiro atoms. The maximum Gasteiger partial charge on any atom is 0.165 e. The molecule has 19 heavy (non-hydrogen) atoms. The van der Waals surface area contributed by atoms with Crippen LogP contribution in [0, 0.1) is 5.82 Å². The van der Waals surface area contributed by atoms with Gasteiger partial charge in [0.05, 0.1) is 6.10 Å². The fourth-order valence-corrected chi connectivity index (χ4v) is 3.03. The number of aliphatic hydroxyl groups is 1. The number of benzene rings is 1. The van der Waals surface area contributed by atoms with Crippen molar-refractivity contribution >= 4 is 0 Å². The molecule has 1 heterocycles. The van der Waals surface area contributed by atoms with E-state index in [9.17, 15) is 9.50 Å². The highest BCUT2D eigenvalue weighted by Crippen LogP contribution is 2.28. The molecule has 0 radical (unpaired) electrons. The first kappa shape index (κ1) is 12.9. The molecule has 2 unspecified atom stereocenters. The van der Waals surface area contributed by atoms with E-state index in [-0.39, 0.29) is 18.0 Å². The first-order valence-electron chi connectivity index (χ1n) is 7.05. The van der Waals surface area contributed by atoms with Gasteiger partial charge in [0, 0.05) is 19.1 Å². The number of hydrogen-bond donors (Lipinski definition) is 1. The zero-order valence-corrected chi connectivity index (χ0v) is 11.0. The monoisotopic (exact) mass is 265 g/mol. The Balaban J connectivity index is 1.49. The molecule has 1 aliphatic carbocycles. The number of likely N-dealkylation sites (tertiary alicyclic amines) is 1. The maximum absolute atomic E-state index is 13.4. The van der Waals surface area contributed by atoms with Crippen molar-refractivity contribution in [1.82, 2.24) is 4.90 Å². The van der Waals surface area contributed by atoms with E-state index in [0.717, 1.165) is 38.8 Å². The van der Waals surface area contributed by atoms with Crippen LogP contribution >= 0.6 is 0 Å². The van der Waals surface area contributed by atoms with Gasteiger partial charge >= 0.3 is 0 Å². The van der Waals surface area contributed by atoms with Crippen molar-refractivity contribution in [1.29, 1.82) is 0 Å². The second-order valence-electron chi connectivity index (χ2n) is 5.60. The highest BCUT2D eigenvalue weighted by atomic mass is 19.1. The molecule has 104 valence electrons. The molecule has 0 amide bonds. The van der Waals surface area contributed by atoms with Crippen LogP contribution in [-0.2, 0) is 0 Å². The van der Waals surface area contributed by atoms with E-state index in [2.05, 4.69) is 4.90 Å². The summed E-state index contributed by atoms with van der Waals surface area (Å²) < 4.78 is 19.1. The van der Waals surface area contributed by atoms with Crippen molar-refractivity contribution in [3.8, 4) is 5.75 Å². The lowest BCUT2D eigenvalue weighted by Gasteiger charge is -2.46. The predicted octanol–water partition coefficient (Wildman–Crippen LogP) is 2.19. The molecule has 1 saturated heterocycles. The number of aliphatic hydroxyl groups excluding tert-OH is 1. The van der Waals surface area contributed by atoms with Gasteiger partial charge in [0.15, 0.2) is 11.6 Å². The lowest BCUT2D eigenvalue weighted by molar-refractivity contribution is -0.0375. The molecular formula is C15H20FNO2. The van der Waals surface area contributed by atoms with Gasteiger partial charge in [0.25, 0.3) is 0 Å². The summed E-state index contributed by atoms with van der Waals surface area (Å²) >= 11 is 0. The molecule has 1 saturated carbocycles. The van der Waals surface area contributed by atoms with E-state index in [0.29, 0.717) is 11.8 Å². The molecule has 0 bridgehead atoms. The number of ether oxygens (including phenoxy) is 1. The van der Waals surface area contributed by atoms with Gasteiger partial charge in [0.2, 0.25) is 0 Å². The summed E-state index contributed by atoms with van der Waals surface area (Å²) in [5.41, 5.74) is 0. The van der Waals surface area contributed by atoms with Crippen LogP contribution in [0.5, 0.6) is 5.75 Å². The summed E-state index contributed by atoms with van der Waals surface area (Å²) in [7, 11) is 0. The molecule has 2 atom stereocenters. The molecule has 1 aliphatic heterocycles. The van der Waals surface area contributed by atoms with Gasteiger partial charge in [-0.3, -0.25) is 4.90 Å². The van der Waals surface area contributed by atoms with Crippen LogP contribution in [0.3, 0.4) is 0 Å². The Labute approximate surface area is 113 Å². The summed E-state index contributed by atoms with van der Waals surface area (Å²) in [6, 6.07) is 7.01. The van der Waals surface area contributed by atoms with Crippen molar-refractivity contribution in [3.05, 3.63) is 30.1 Å². The Hall–Kier alpha value is -1.13. The zero-order chi connectivity index (χ0) is 13.2. The zero-order valence-electron chi connectivity index (χ0n) is 11.0. The highest BCUT2D eigenvalue weighted by molar-refractivity contribution is 5.24. The number of rotatable bonds is 3. The summed E-state index contributed by atoms with van der Waals surface area (Å²) in [5.74, 6) is 0.0462. The SMILES string of the molecule is OC1CCCC(N2CC(Oc3ccccc3F)C2)C1. The van der Waals surface area contributed by atoms with Crippen LogP contribution < -0.4 is 4.74 Å². The average molecular weight is 265 g/mol. The molecule has 0 aromatic heterocycles. The normalized spacial score (nSPS) is 28.9. The van der Waals surface area contributed by atoms with Crippen LogP contribution in [0.4, 0.5) is 4.39 Å². The van der Waals surface area contributed by atoms with Crippen LogP contribution in [-0.4, -0.2) is 41.3 Å². The van der Waals surface area contributed by atoms with Gasteiger partial charge in [-0.1, -0.05) is 12.1 Å². The minimum atomic E-state index is -0.297. The van der Waals surface area contributed by atoms with Gasteiger partial charge < -0.3 is 9.84 Å². The summed E-state index contributed by atoms with van der Waals surface area (Å²) in [4.78, 5) is 2.34. The highest BCUT2D eigenvalue weighted by Gasteiger charge is 2.36. The van der Waals surface area contributed by atoms with Gasteiger partial charge in [-0.05, 0) is 37.8 Å². The first-order chi connectivity index (χ1) is 9.22. The van der Waals surface area contributed by atoms with Crippen LogP contribution in [0.1, 0.15) is 25.7 Å². The van der Waals surface area contributed by atoms with Crippen molar-refractivity contribution < 1.29 is 14.2 Å². The van der Waals surface area contributed by atoms with Crippen molar-refractivity contribution in [2.45, 2.75) is 43.9 Å². The Morgan fingerprint density at radius 3 is 2.74 bits per heavy atom. The molecule has 3 rings (SSSR count). The Kier molecular flexibility index (Phi) is 3.71. The van der Waals surface area contributed by atoms with Crippen LogP contribution in [0.2, 0.25) is 0 Å². The number of hydrogen-bond acceptors (Lipinski definition) is 3. The van der Waals surface area contributed by atoms with E-state index in [1.165, 1.54) is 6.07 Å². The van der Waals surface area contributed by atoms with Gasteiger partial charge in [-0.25, -0.2) is 4.39 Å². The van der Waals surface area contributed by atoms with Gasteiger partial charge in [-0.15, -0.1) is 0 Å². The van der Waals surface area contributed by atoms with E-state index < -0.39 is 0 Å². The molecule has 4 heteroatoms. The molecule has 1 N–H and O–H groups in total. The van der Waals surface area contributed by atoms with Gasteiger partial charge in [0.1, 0.15) is 6.10 Å². The van der Waals surface area contributed by atoms with Crippen molar-refractivity contribution in [2.24, 2.45) is 0 Å². The topological polar surface area (TPSA) is 32.7 Å². The van der Waals surface area contributed by atoms with Gasteiger partial charge in [-0.2, -0.15) is 0 Å². The fourth-order valence-electron chi connectivity index (χ4n) is 3.03. The molecule has 1 aromatic rings. The second kappa shape index (κ2) is 5.47. The summed E-state index contributed by atoms with van der Waals surface area (Å²) in [6.07, 6.45) is 3.98. The Morgan fingerprint density at radius 1 is 1.21 bits per heavy atom. The Morgan fingerprint density at radius 2 is 2.00 bits per heavy atom. The number of halogens is 1. The second-order valence-corrected chi connectivity index (χ2v) is 5.60. The summed E-state index contributed by atoms with van der Waals surface area (Å²) in [5, 5.41) is 9.68. The van der Waals surface area contributed by atoms with E-state index in [1.54, 1.807) is 18.2 Å². The van der Waals surface area contributed by atoms with Crippen LogP contribution in [0.25, 0.3) is 0 Å². The standard InChI is InChI=1S/C15H20FNO2/c16-14-6-1-2-7-15(14)19-13-9-17(10-13)11-4-3-5-12(18)8-11/h1-2,6-7,11-13,18H,3-5,8-10H2. The van der Waals surface area contributed by atoms with Crippen molar-refractivity contribution in [2.75, 3.05) is 13.1 Å². The minimum absolute atomic E-state index is 0.0796. The third-order valence-corrected chi connectivity index (χ3v) is 4.14. The molecule has 3 nitrogen and oxygen atoms in total. The Bertz CT molecular complexity index is 434. The summed E-state index contributed by atoms with van der Waals surface area (Å²) in [6.45, 7) is 1.68. The predicted molar refractivity (Wildman–Crippen MR) is 70.7 cm³/mol. The minimum Gasteiger partial charge on any atom is -0.485 e. The number of para-hydroxylation sites is 1. The lowest BCUT2D eigenvalue weighted by Crippen LogP contribution is -2.58. The van der Waals surface area contributed by atoms with Crippen LogP contribution in [0.15, 0.2) is 24.3 Å². The third-order valence-electron chi connectivity index (χ3n) is 4.14. The molecule has 2 fully saturated rings.